The number of hydrogen-bond donors (Lipinski definition) is 0. The lowest BCUT2D eigenvalue weighted by atomic mass is 9.87. The molecule has 1 aromatic heterocycles. The fourth-order valence-electron chi connectivity index (χ4n) is 5.35. The molecular formula is C31H29N3O3S. The molecule has 3 heterocycles. The molecule has 2 aliphatic heterocycles. The van der Waals surface area contributed by atoms with Gasteiger partial charge in [-0.15, -0.1) is 11.3 Å². The highest BCUT2D eigenvalue weighted by Crippen LogP contribution is 2.38. The molecule has 7 heteroatoms. The minimum Gasteiger partial charge on any atom is -0.486 e. The standard InChI is InChI=1S/C31H29N3O3S/c35-30(24-11-5-2-6-12-24)34-18-15-22-13-14-25(19-26(22)29(34)23-9-3-1-4-10-23)37-20-28-32-27(21-38-28)31(36)33-16-7-8-17-33/h1-6,9-14,19,21,29H,7-8,15-18,20H2. The average molecular weight is 524 g/mol. The molecule has 1 fully saturated rings. The van der Waals surface area contributed by atoms with E-state index in [0.717, 1.165) is 54.2 Å². The van der Waals surface area contributed by atoms with Crippen LogP contribution in [0.1, 0.15) is 61.4 Å². The van der Waals surface area contributed by atoms with Gasteiger partial charge in [-0.25, -0.2) is 4.98 Å². The van der Waals surface area contributed by atoms with E-state index in [-0.39, 0.29) is 17.9 Å². The first-order valence-corrected chi connectivity index (χ1v) is 14.0. The van der Waals surface area contributed by atoms with Crippen molar-refractivity contribution in [2.75, 3.05) is 19.6 Å². The summed E-state index contributed by atoms with van der Waals surface area (Å²) in [6.07, 6.45) is 2.90. The number of rotatable bonds is 6. The van der Waals surface area contributed by atoms with Crippen LogP contribution < -0.4 is 4.74 Å². The fourth-order valence-corrected chi connectivity index (χ4v) is 6.03. The first kappa shape index (κ1) is 24.4. The van der Waals surface area contributed by atoms with Crippen molar-refractivity contribution in [2.24, 2.45) is 0 Å². The molecule has 2 aliphatic rings. The molecule has 0 N–H and O–H groups in total. The van der Waals surface area contributed by atoms with E-state index in [4.69, 9.17) is 4.74 Å². The lowest BCUT2D eigenvalue weighted by Gasteiger charge is -2.38. The van der Waals surface area contributed by atoms with Crippen molar-refractivity contribution in [1.82, 2.24) is 14.8 Å². The molecule has 1 saturated heterocycles. The van der Waals surface area contributed by atoms with Crippen molar-refractivity contribution in [3.63, 3.8) is 0 Å². The lowest BCUT2D eigenvalue weighted by molar-refractivity contribution is 0.0693. The van der Waals surface area contributed by atoms with Gasteiger partial charge in [0.2, 0.25) is 0 Å². The molecule has 0 radical (unpaired) electrons. The van der Waals surface area contributed by atoms with Crippen LogP contribution in [0, 0.1) is 0 Å². The van der Waals surface area contributed by atoms with Crippen molar-refractivity contribution in [1.29, 1.82) is 0 Å². The minimum atomic E-state index is -0.208. The predicted molar refractivity (Wildman–Crippen MR) is 147 cm³/mol. The summed E-state index contributed by atoms with van der Waals surface area (Å²) in [6.45, 7) is 2.56. The molecule has 3 aromatic carbocycles. The molecule has 0 aliphatic carbocycles. The van der Waals surface area contributed by atoms with E-state index in [1.165, 1.54) is 16.9 Å². The van der Waals surface area contributed by atoms with E-state index in [2.05, 4.69) is 29.2 Å². The highest BCUT2D eigenvalue weighted by molar-refractivity contribution is 7.09. The van der Waals surface area contributed by atoms with E-state index >= 15 is 0 Å². The Labute approximate surface area is 226 Å². The number of ether oxygens (including phenoxy) is 1. The lowest BCUT2D eigenvalue weighted by Crippen LogP contribution is -2.40. The Hall–Kier alpha value is -3.97. The Morgan fingerprint density at radius 3 is 2.39 bits per heavy atom. The van der Waals surface area contributed by atoms with E-state index in [9.17, 15) is 9.59 Å². The first-order valence-electron chi connectivity index (χ1n) is 13.1. The van der Waals surface area contributed by atoms with Crippen LogP contribution >= 0.6 is 11.3 Å². The van der Waals surface area contributed by atoms with E-state index in [0.29, 0.717) is 24.4 Å². The number of amides is 2. The minimum absolute atomic E-state index is 0.00709. The van der Waals surface area contributed by atoms with Gasteiger partial charge in [0.15, 0.2) is 0 Å². The van der Waals surface area contributed by atoms with Gasteiger partial charge in [0.1, 0.15) is 23.1 Å². The van der Waals surface area contributed by atoms with Crippen LogP contribution in [0.15, 0.2) is 84.2 Å². The molecule has 38 heavy (non-hydrogen) atoms. The Bertz CT molecular complexity index is 1430. The second kappa shape index (κ2) is 10.8. The molecule has 0 spiro atoms. The maximum Gasteiger partial charge on any atom is 0.273 e. The Balaban J connectivity index is 1.25. The third kappa shape index (κ3) is 4.94. The summed E-state index contributed by atoms with van der Waals surface area (Å²) in [5.74, 6) is 0.753. The van der Waals surface area contributed by atoms with Gasteiger partial charge in [0.05, 0.1) is 6.04 Å². The predicted octanol–water partition coefficient (Wildman–Crippen LogP) is 5.75. The molecule has 6 nitrogen and oxygen atoms in total. The summed E-state index contributed by atoms with van der Waals surface area (Å²) in [5, 5.41) is 2.59. The second-order valence-corrected chi connectivity index (χ2v) is 10.6. The number of aromatic nitrogens is 1. The highest BCUT2D eigenvalue weighted by Gasteiger charge is 2.33. The molecule has 0 bridgehead atoms. The van der Waals surface area contributed by atoms with Gasteiger partial charge in [0, 0.05) is 30.6 Å². The number of hydrogen-bond acceptors (Lipinski definition) is 5. The maximum absolute atomic E-state index is 13.6. The third-order valence-electron chi connectivity index (χ3n) is 7.27. The van der Waals surface area contributed by atoms with Gasteiger partial charge in [-0.2, -0.15) is 0 Å². The molecular weight excluding hydrogens is 494 g/mol. The molecule has 1 unspecified atom stereocenters. The summed E-state index contributed by atoms with van der Waals surface area (Å²) >= 11 is 1.45. The Morgan fingerprint density at radius 1 is 0.895 bits per heavy atom. The van der Waals surface area contributed by atoms with Crippen molar-refractivity contribution in [3.05, 3.63) is 117 Å². The summed E-state index contributed by atoms with van der Waals surface area (Å²) in [5.41, 5.74) is 4.55. The van der Waals surface area contributed by atoms with Crippen molar-refractivity contribution in [3.8, 4) is 5.75 Å². The van der Waals surface area contributed by atoms with Crippen LogP contribution in [0.3, 0.4) is 0 Å². The van der Waals surface area contributed by atoms with Crippen LogP contribution in [0.2, 0.25) is 0 Å². The van der Waals surface area contributed by atoms with Crippen molar-refractivity contribution >= 4 is 23.2 Å². The topological polar surface area (TPSA) is 62.7 Å². The second-order valence-electron chi connectivity index (χ2n) is 9.70. The zero-order valence-corrected chi connectivity index (χ0v) is 21.9. The molecule has 2 amide bonds. The maximum atomic E-state index is 13.6. The zero-order valence-electron chi connectivity index (χ0n) is 21.1. The van der Waals surface area contributed by atoms with Crippen LogP contribution in [0.4, 0.5) is 0 Å². The normalized spacial score (nSPS) is 16.8. The number of thiazole rings is 1. The quantitative estimate of drug-likeness (QED) is 0.323. The van der Waals surface area contributed by atoms with Gasteiger partial charge in [-0.1, -0.05) is 54.6 Å². The largest absolute Gasteiger partial charge is 0.486 e. The van der Waals surface area contributed by atoms with Crippen LogP contribution in [-0.4, -0.2) is 46.2 Å². The van der Waals surface area contributed by atoms with E-state index in [1.54, 1.807) is 0 Å². The van der Waals surface area contributed by atoms with Crippen LogP contribution in [0.25, 0.3) is 0 Å². The first-order chi connectivity index (χ1) is 18.7. The summed E-state index contributed by atoms with van der Waals surface area (Å²) < 4.78 is 6.16. The molecule has 192 valence electrons. The number of carbonyl (C=O) groups excluding carboxylic acids is 2. The third-order valence-corrected chi connectivity index (χ3v) is 8.09. The van der Waals surface area contributed by atoms with Crippen LogP contribution in [-0.2, 0) is 13.0 Å². The monoisotopic (exact) mass is 523 g/mol. The molecule has 0 saturated carbocycles. The molecule has 4 aromatic rings. The number of benzene rings is 3. The fraction of sp³-hybridized carbons (Fsp3) is 0.258. The Kier molecular flexibility index (Phi) is 6.92. The van der Waals surface area contributed by atoms with E-state index in [1.807, 2.05) is 69.8 Å². The zero-order chi connectivity index (χ0) is 25.9. The number of fused-ring (bicyclic) bond motifs is 1. The number of carbonyl (C=O) groups is 2. The average Bonchev–Trinajstić information content (AvgIpc) is 3.69. The highest BCUT2D eigenvalue weighted by atomic mass is 32.1. The Morgan fingerprint density at radius 2 is 1.63 bits per heavy atom. The van der Waals surface area contributed by atoms with Gasteiger partial charge in [0.25, 0.3) is 11.8 Å². The molecule has 6 rings (SSSR count). The van der Waals surface area contributed by atoms with Gasteiger partial charge in [-0.3, -0.25) is 9.59 Å². The SMILES string of the molecule is O=C(c1csc(COc2ccc3c(c2)C(c2ccccc2)N(C(=O)c2ccccc2)CC3)n1)N1CCCC1. The summed E-state index contributed by atoms with van der Waals surface area (Å²) in [7, 11) is 0. The smallest absolute Gasteiger partial charge is 0.273 e. The number of likely N-dealkylation sites (tertiary alicyclic amines) is 1. The van der Waals surface area contributed by atoms with Crippen molar-refractivity contribution < 1.29 is 14.3 Å². The molecule has 1 atom stereocenters. The summed E-state index contributed by atoms with van der Waals surface area (Å²) in [6, 6.07) is 25.6. The summed E-state index contributed by atoms with van der Waals surface area (Å²) in [4.78, 5) is 34.6. The van der Waals surface area contributed by atoms with Gasteiger partial charge in [-0.05, 0) is 60.2 Å². The van der Waals surface area contributed by atoms with Crippen LogP contribution in [0.5, 0.6) is 5.75 Å². The van der Waals surface area contributed by atoms with Gasteiger partial charge >= 0.3 is 0 Å². The van der Waals surface area contributed by atoms with Gasteiger partial charge < -0.3 is 14.5 Å². The number of nitrogens with zero attached hydrogens (tertiary/aromatic N) is 3. The van der Waals surface area contributed by atoms with E-state index < -0.39 is 0 Å². The van der Waals surface area contributed by atoms with Crippen molar-refractivity contribution in [2.45, 2.75) is 31.9 Å².